The molecule has 0 aromatic heterocycles. The summed E-state index contributed by atoms with van der Waals surface area (Å²) in [6, 6.07) is 2.99. The maximum Gasteiger partial charge on any atom is 0.203 e. The van der Waals surface area contributed by atoms with Crippen molar-refractivity contribution in [3.63, 3.8) is 0 Å². The van der Waals surface area contributed by atoms with Gasteiger partial charge in [0.05, 0.1) is 33.5 Å². The number of benzene rings is 1. The largest absolute Gasteiger partial charge is 0.493 e. The fourth-order valence-electron chi connectivity index (χ4n) is 2.01. The van der Waals surface area contributed by atoms with E-state index >= 15 is 0 Å². The molecule has 1 aromatic carbocycles. The predicted molar refractivity (Wildman–Crippen MR) is 78.5 cm³/mol. The zero-order valence-electron chi connectivity index (χ0n) is 13.1. The second kappa shape index (κ2) is 6.33. The van der Waals surface area contributed by atoms with Crippen LogP contribution in [0.2, 0.25) is 0 Å². The summed E-state index contributed by atoms with van der Waals surface area (Å²) in [7, 11) is 4.64. The Morgan fingerprint density at radius 3 is 1.75 bits per heavy atom. The van der Waals surface area contributed by atoms with Crippen molar-refractivity contribution in [1.82, 2.24) is 0 Å². The number of aliphatic hydroxyl groups excluding tert-OH is 1. The molecule has 5 heteroatoms. The molecule has 0 radical (unpaired) electrons. The maximum absolute atomic E-state index is 10.3. The normalized spacial score (nSPS) is 14.6. The summed E-state index contributed by atoms with van der Waals surface area (Å²) in [6.45, 7) is 5.82. The molecule has 0 amide bonds. The Morgan fingerprint density at radius 2 is 1.45 bits per heavy atom. The summed E-state index contributed by atoms with van der Waals surface area (Å²) < 4.78 is 15.9. The lowest BCUT2D eigenvalue weighted by Gasteiger charge is -2.31. The highest BCUT2D eigenvalue weighted by Gasteiger charge is 2.30. The van der Waals surface area contributed by atoms with E-state index in [1.54, 1.807) is 33.5 Å². The number of hydrogen-bond donors (Lipinski definition) is 2. The van der Waals surface area contributed by atoms with E-state index in [4.69, 9.17) is 19.9 Å². The van der Waals surface area contributed by atoms with E-state index in [0.29, 0.717) is 17.2 Å². The highest BCUT2D eigenvalue weighted by molar-refractivity contribution is 5.54. The van der Waals surface area contributed by atoms with E-state index < -0.39 is 12.1 Å². The van der Waals surface area contributed by atoms with Gasteiger partial charge in [-0.25, -0.2) is 0 Å². The van der Waals surface area contributed by atoms with Crippen molar-refractivity contribution in [1.29, 1.82) is 0 Å². The van der Waals surface area contributed by atoms with Crippen molar-refractivity contribution in [2.24, 2.45) is 11.1 Å². The summed E-state index contributed by atoms with van der Waals surface area (Å²) in [6.07, 6.45) is -0.690. The van der Waals surface area contributed by atoms with Crippen molar-refractivity contribution in [3.05, 3.63) is 17.7 Å². The van der Waals surface area contributed by atoms with Crippen LogP contribution in [0, 0.1) is 5.41 Å². The van der Waals surface area contributed by atoms with Gasteiger partial charge in [0.2, 0.25) is 5.75 Å². The molecule has 0 aliphatic heterocycles. The molecule has 0 unspecified atom stereocenters. The Bertz CT molecular complexity index is 429. The van der Waals surface area contributed by atoms with Gasteiger partial charge < -0.3 is 25.1 Å². The molecule has 0 bridgehead atoms. The second-order valence-electron chi connectivity index (χ2n) is 5.80. The summed E-state index contributed by atoms with van der Waals surface area (Å²) in [4.78, 5) is 0. The quantitative estimate of drug-likeness (QED) is 0.866. The van der Waals surface area contributed by atoms with Crippen LogP contribution in [0.15, 0.2) is 12.1 Å². The van der Waals surface area contributed by atoms with Gasteiger partial charge in [0.15, 0.2) is 11.5 Å². The Kier molecular flexibility index (Phi) is 5.25. The van der Waals surface area contributed by atoms with Gasteiger partial charge in [-0.15, -0.1) is 0 Å². The molecule has 0 spiro atoms. The van der Waals surface area contributed by atoms with E-state index in [2.05, 4.69) is 0 Å². The fraction of sp³-hybridized carbons (Fsp3) is 0.600. The number of hydrogen-bond acceptors (Lipinski definition) is 5. The second-order valence-corrected chi connectivity index (χ2v) is 5.80. The van der Waals surface area contributed by atoms with Crippen LogP contribution >= 0.6 is 0 Å². The third-order valence-corrected chi connectivity index (χ3v) is 3.30. The number of nitrogens with two attached hydrogens (primary N) is 1. The lowest BCUT2D eigenvalue weighted by Crippen LogP contribution is -2.37. The number of aliphatic hydroxyl groups is 1. The molecule has 20 heavy (non-hydrogen) atoms. The van der Waals surface area contributed by atoms with Crippen molar-refractivity contribution >= 4 is 0 Å². The first kappa shape index (κ1) is 16.6. The van der Waals surface area contributed by atoms with Crippen LogP contribution in [0.4, 0.5) is 0 Å². The fourth-order valence-corrected chi connectivity index (χ4v) is 2.01. The number of ether oxygens (including phenoxy) is 3. The Hall–Kier alpha value is -1.46. The standard InChI is InChI=1S/C15H25NO4/c1-15(2,3)14(17)12(16)9-7-10(18-4)13(20-6)11(8-9)19-5/h7-8,12,14,17H,16H2,1-6H3/t12-,14-/m1/s1. The van der Waals surface area contributed by atoms with Gasteiger partial charge in [0.1, 0.15) is 0 Å². The van der Waals surface area contributed by atoms with Gasteiger partial charge in [0, 0.05) is 0 Å². The van der Waals surface area contributed by atoms with E-state index in [-0.39, 0.29) is 5.41 Å². The molecule has 3 N–H and O–H groups in total. The summed E-state index contributed by atoms with van der Waals surface area (Å²) in [5.74, 6) is 1.56. The molecular weight excluding hydrogens is 258 g/mol. The molecule has 5 nitrogen and oxygen atoms in total. The van der Waals surface area contributed by atoms with Gasteiger partial charge in [-0.05, 0) is 23.1 Å². The van der Waals surface area contributed by atoms with Crippen LogP contribution < -0.4 is 19.9 Å². The van der Waals surface area contributed by atoms with Crippen LogP contribution in [-0.2, 0) is 0 Å². The van der Waals surface area contributed by atoms with Gasteiger partial charge in [-0.3, -0.25) is 0 Å². The summed E-state index contributed by atoms with van der Waals surface area (Å²) in [5, 5.41) is 10.3. The first-order chi connectivity index (χ1) is 9.26. The van der Waals surface area contributed by atoms with Crippen LogP contribution in [-0.4, -0.2) is 32.5 Å². The van der Waals surface area contributed by atoms with Crippen LogP contribution in [0.3, 0.4) is 0 Å². The Morgan fingerprint density at radius 1 is 1.00 bits per heavy atom. The third kappa shape index (κ3) is 3.35. The van der Waals surface area contributed by atoms with E-state index in [0.717, 1.165) is 5.56 Å². The predicted octanol–water partition coefficient (Wildman–Crippen LogP) is 2.12. The lowest BCUT2D eigenvalue weighted by atomic mass is 9.82. The highest BCUT2D eigenvalue weighted by Crippen LogP contribution is 2.41. The molecule has 1 aromatic rings. The third-order valence-electron chi connectivity index (χ3n) is 3.30. The van der Waals surface area contributed by atoms with Crippen molar-refractivity contribution in [2.75, 3.05) is 21.3 Å². The minimum atomic E-state index is -0.690. The molecule has 1 rings (SSSR count). The zero-order valence-corrected chi connectivity index (χ0v) is 13.1. The average molecular weight is 283 g/mol. The minimum Gasteiger partial charge on any atom is -0.493 e. The maximum atomic E-state index is 10.3. The molecule has 0 saturated heterocycles. The van der Waals surface area contributed by atoms with Crippen molar-refractivity contribution in [2.45, 2.75) is 32.9 Å². The summed E-state index contributed by atoms with van der Waals surface area (Å²) >= 11 is 0. The lowest BCUT2D eigenvalue weighted by molar-refractivity contribution is 0.0400. The van der Waals surface area contributed by atoms with Crippen LogP contribution in [0.5, 0.6) is 17.2 Å². The summed E-state index contributed by atoms with van der Waals surface area (Å²) in [5.41, 5.74) is 6.58. The molecule has 0 saturated carbocycles. The Labute approximate surface area is 120 Å². The van der Waals surface area contributed by atoms with E-state index in [9.17, 15) is 5.11 Å². The van der Waals surface area contributed by atoms with Gasteiger partial charge in [-0.1, -0.05) is 20.8 Å². The van der Waals surface area contributed by atoms with Gasteiger partial charge in [-0.2, -0.15) is 0 Å². The minimum absolute atomic E-state index is 0.320. The molecule has 0 fully saturated rings. The van der Waals surface area contributed by atoms with Gasteiger partial charge in [0.25, 0.3) is 0 Å². The molecular formula is C15H25NO4. The monoisotopic (exact) mass is 283 g/mol. The van der Waals surface area contributed by atoms with Crippen molar-refractivity contribution in [3.8, 4) is 17.2 Å². The zero-order chi connectivity index (χ0) is 15.5. The number of methoxy groups -OCH3 is 3. The smallest absolute Gasteiger partial charge is 0.203 e. The van der Waals surface area contributed by atoms with Crippen LogP contribution in [0.1, 0.15) is 32.4 Å². The van der Waals surface area contributed by atoms with E-state index in [1.807, 2.05) is 20.8 Å². The van der Waals surface area contributed by atoms with Crippen molar-refractivity contribution < 1.29 is 19.3 Å². The first-order valence-electron chi connectivity index (χ1n) is 6.49. The molecule has 0 aliphatic carbocycles. The van der Waals surface area contributed by atoms with E-state index in [1.165, 1.54) is 0 Å². The van der Waals surface area contributed by atoms with Crippen LogP contribution in [0.25, 0.3) is 0 Å². The molecule has 0 aliphatic rings. The number of rotatable bonds is 5. The molecule has 114 valence electrons. The molecule has 0 heterocycles. The van der Waals surface area contributed by atoms with Gasteiger partial charge >= 0.3 is 0 Å². The molecule has 2 atom stereocenters. The topological polar surface area (TPSA) is 73.9 Å². The highest BCUT2D eigenvalue weighted by atomic mass is 16.5. The SMILES string of the molecule is COc1cc([C@@H](N)[C@@H](O)C(C)(C)C)cc(OC)c1OC. The first-order valence-corrected chi connectivity index (χ1v) is 6.49. The Balaban J connectivity index is 3.26. The average Bonchev–Trinajstić information content (AvgIpc) is 2.42.